The van der Waals surface area contributed by atoms with Crippen molar-refractivity contribution in [2.45, 2.75) is 56.9 Å². The van der Waals surface area contributed by atoms with Gasteiger partial charge in [0.2, 0.25) is 0 Å². The number of aliphatic hydroxyl groups is 1. The van der Waals surface area contributed by atoms with Crippen LogP contribution >= 0.6 is 23.0 Å². The molecule has 3 aromatic carbocycles. The van der Waals surface area contributed by atoms with Crippen molar-refractivity contribution in [3.05, 3.63) is 108 Å². The summed E-state index contributed by atoms with van der Waals surface area (Å²) in [7, 11) is 0. The van der Waals surface area contributed by atoms with E-state index in [1.807, 2.05) is 77.6 Å². The summed E-state index contributed by atoms with van der Waals surface area (Å²) < 4.78 is 24.8. The lowest BCUT2D eigenvalue weighted by molar-refractivity contribution is -0.279. The molecule has 0 bridgehead atoms. The van der Waals surface area contributed by atoms with Gasteiger partial charge in [0.1, 0.15) is 40.8 Å². The molecule has 1 saturated heterocycles. The van der Waals surface area contributed by atoms with Crippen LogP contribution in [-0.2, 0) is 22.9 Å². The highest BCUT2D eigenvalue weighted by molar-refractivity contribution is 14.1. The van der Waals surface area contributed by atoms with Crippen LogP contribution in [0.25, 0.3) is 0 Å². The van der Waals surface area contributed by atoms with E-state index in [4.69, 9.17) is 17.3 Å². The van der Waals surface area contributed by atoms with Crippen LogP contribution in [0.5, 0.6) is 0 Å². The van der Waals surface area contributed by atoms with Crippen LogP contribution in [0, 0.1) is 5.92 Å². The standard InChI is InChI=1S/C30H35IO5/c1-3-4-20-33-28-27(36-31)22(2)26(35-29(28)32)21-34-30(23-14-8-5-9-15-23,24-16-10-6-11-17-24)25-18-12-7-13-19-25/h5-19,22,26-29,32H,3-4,20-21H2,1-2H3/t22-,26?,27?,28-,29-/m1/s1. The molecule has 0 radical (unpaired) electrons. The lowest BCUT2D eigenvalue weighted by atomic mass is 9.80. The first-order valence-corrected chi connectivity index (χ1v) is 13.5. The third-order valence-electron chi connectivity index (χ3n) is 6.94. The summed E-state index contributed by atoms with van der Waals surface area (Å²) in [5.41, 5.74) is 2.21. The van der Waals surface area contributed by atoms with E-state index in [1.165, 1.54) is 0 Å². The predicted molar refractivity (Wildman–Crippen MR) is 149 cm³/mol. The maximum absolute atomic E-state index is 10.9. The average Bonchev–Trinajstić information content (AvgIpc) is 2.93. The maximum atomic E-state index is 10.9. The topological polar surface area (TPSA) is 57.2 Å². The fourth-order valence-corrected chi connectivity index (χ4v) is 5.65. The number of hydrogen-bond acceptors (Lipinski definition) is 5. The summed E-state index contributed by atoms with van der Waals surface area (Å²) in [5, 5.41) is 10.9. The molecule has 1 heterocycles. The summed E-state index contributed by atoms with van der Waals surface area (Å²) in [6, 6.07) is 30.7. The SMILES string of the molecule is CCCCO[C@@H]1C(OI)[C@H](C)C(COC(c2ccccc2)(c2ccccc2)c2ccccc2)O[C@H]1O. The summed E-state index contributed by atoms with van der Waals surface area (Å²) in [4.78, 5) is 0. The Balaban J connectivity index is 1.67. The Morgan fingerprint density at radius 2 is 1.33 bits per heavy atom. The molecule has 0 saturated carbocycles. The Morgan fingerprint density at radius 3 is 1.78 bits per heavy atom. The molecule has 4 rings (SSSR count). The number of unbranched alkanes of at least 4 members (excludes halogenated alkanes) is 1. The molecule has 192 valence electrons. The number of aliphatic hydroxyl groups excluding tert-OH is 1. The normalized spacial score (nSPS) is 24.5. The van der Waals surface area contributed by atoms with Gasteiger partial charge in [0.15, 0.2) is 6.29 Å². The predicted octanol–water partition coefficient (Wildman–Crippen LogP) is 6.27. The zero-order chi connectivity index (χ0) is 25.4. The van der Waals surface area contributed by atoms with E-state index in [-0.39, 0.29) is 24.7 Å². The van der Waals surface area contributed by atoms with Crippen LogP contribution in [0.1, 0.15) is 43.4 Å². The number of halogens is 1. The lowest BCUT2D eigenvalue weighted by Crippen LogP contribution is -2.56. The second-order valence-corrected chi connectivity index (χ2v) is 9.77. The third-order valence-corrected chi connectivity index (χ3v) is 7.53. The molecule has 1 fully saturated rings. The van der Waals surface area contributed by atoms with Gasteiger partial charge in [-0.1, -0.05) is 111 Å². The molecule has 1 N–H and O–H groups in total. The molecular weight excluding hydrogens is 567 g/mol. The highest BCUT2D eigenvalue weighted by atomic mass is 127. The molecule has 5 nitrogen and oxygen atoms in total. The highest BCUT2D eigenvalue weighted by Crippen LogP contribution is 2.41. The van der Waals surface area contributed by atoms with Crippen LogP contribution in [0.2, 0.25) is 0 Å². The molecule has 5 atom stereocenters. The maximum Gasteiger partial charge on any atom is 0.184 e. The monoisotopic (exact) mass is 602 g/mol. The minimum Gasteiger partial charge on any atom is -0.370 e. The van der Waals surface area contributed by atoms with Crippen molar-refractivity contribution in [3.8, 4) is 0 Å². The molecule has 3 aromatic rings. The van der Waals surface area contributed by atoms with E-state index in [0.717, 1.165) is 29.5 Å². The Bertz CT molecular complexity index is 936. The van der Waals surface area contributed by atoms with E-state index in [9.17, 15) is 5.11 Å². The molecule has 6 heteroatoms. The summed E-state index contributed by atoms with van der Waals surface area (Å²) in [5.74, 6) is -0.0584. The van der Waals surface area contributed by atoms with Crippen LogP contribution in [0.15, 0.2) is 91.0 Å². The molecule has 0 spiro atoms. The third kappa shape index (κ3) is 5.85. The fraction of sp³-hybridized carbons (Fsp3) is 0.400. The second kappa shape index (κ2) is 13.1. The number of benzene rings is 3. The van der Waals surface area contributed by atoms with E-state index in [1.54, 1.807) is 0 Å². The van der Waals surface area contributed by atoms with E-state index >= 15 is 0 Å². The zero-order valence-corrected chi connectivity index (χ0v) is 23.0. The molecule has 1 aliphatic rings. The Morgan fingerprint density at radius 1 is 0.833 bits per heavy atom. The number of rotatable bonds is 11. The molecule has 0 aliphatic carbocycles. The molecule has 2 unspecified atom stereocenters. The van der Waals surface area contributed by atoms with Crippen molar-refractivity contribution in [1.82, 2.24) is 0 Å². The van der Waals surface area contributed by atoms with Crippen molar-refractivity contribution in [1.29, 1.82) is 0 Å². The molecule has 0 amide bonds. The minimum atomic E-state index is -1.09. The van der Waals surface area contributed by atoms with Gasteiger partial charge in [-0.15, -0.1) is 0 Å². The largest absolute Gasteiger partial charge is 0.370 e. The van der Waals surface area contributed by atoms with E-state index < -0.39 is 18.0 Å². The smallest absolute Gasteiger partial charge is 0.184 e. The fourth-order valence-electron chi connectivity index (χ4n) is 4.89. The van der Waals surface area contributed by atoms with Crippen molar-refractivity contribution >= 4 is 23.0 Å². The van der Waals surface area contributed by atoms with Gasteiger partial charge in [0.25, 0.3) is 0 Å². The zero-order valence-electron chi connectivity index (χ0n) is 20.8. The Kier molecular flexibility index (Phi) is 9.93. The van der Waals surface area contributed by atoms with Crippen LogP contribution in [0.4, 0.5) is 0 Å². The lowest BCUT2D eigenvalue weighted by Gasteiger charge is -2.44. The average molecular weight is 603 g/mol. The Hall–Kier alpha value is -1.81. The van der Waals surface area contributed by atoms with Crippen LogP contribution in [-0.4, -0.2) is 42.9 Å². The van der Waals surface area contributed by atoms with Crippen LogP contribution in [0.3, 0.4) is 0 Å². The minimum absolute atomic E-state index is 0.0584. The molecular formula is C30H35IO5. The van der Waals surface area contributed by atoms with Gasteiger partial charge >= 0.3 is 0 Å². The summed E-state index contributed by atoms with van der Waals surface area (Å²) in [6.07, 6.45) is -0.397. The van der Waals surface area contributed by atoms with Gasteiger partial charge in [0.05, 0.1) is 12.7 Å². The first-order chi connectivity index (χ1) is 17.6. The Labute approximate surface area is 228 Å². The summed E-state index contributed by atoms with van der Waals surface area (Å²) >= 11 is 1.90. The van der Waals surface area contributed by atoms with E-state index in [0.29, 0.717) is 6.61 Å². The second-order valence-electron chi connectivity index (χ2n) is 9.26. The first-order valence-electron chi connectivity index (χ1n) is 12.6. The quantitative estimate of drug-likeness (QED) is 0.159. The molecule has 36 heavy (non-hydrogen) atoms. The van der Waals surface area contributed by atoms with Gasteiger partial charge in [-0.2, -0.15) is 0 Å². The van der Waals surface area contributed by atoms with Gasteiger partial charge in [0, 0.05) is 12.5 Å². The van der Waals surface area contributed by atoms with Crippen molar-refractivity contribution in [2.75, 3.05) is 13.2 Å². The van der Waals surface area contributed by atoms with Crippen molar-refractivity contribution in [2.24, 2.45) is 5.92 Å². The van der Waals surface area contributed by atoms with Gasteiger partial charge in [-0.05, 0) is 23.1 Å². The van der Waals surface area contributed by atoms with Gasteiger partial charge < -0.3 is 22.4 Å². The molecule has 0 aromatic heterocycles. The van der Waals surface area contributed by atoms with Gasteiger partial charge in [-0.3, -0.25) is 0 Å². The highest BCUT2D eigenvalue weighted by Gasteiger charge is 2.46. The number of ether oxygens (including phenoxy) is 3. The van der Waals surface area contributed by atoms with Crippen molar-refractivity contribution < 1.29 is 22.4 Å². The van der Waals surface area contributed by atoms with Crippen LogP contribution < -0.4 is 0 Å². The number of hydrogen-bond donors (Lipinski definition) is 1. The summed E-state index contributed by atoms with van der Waals surface area (Å²) in [6.45, 7) is 4.99. The van der Waals surface area contributed by atoms with Gasteiger partial charge in [-0.25, -0.2) is 0 Å². The first kappa shape index (κ1) is 27.2. The van der Waals surface area contributed by atoms with Crippen molar-refractivity contribution in [3.63, 3.8) is 0 Å². The van der Waals surface area contributed by atoms with E-state index in [2.05, 4.69) is 50.2 Å². The molecule has 1 aliphatic heterocycles.